The van der Waals surface area contributed by atoms with Crippen molar-refractivity contribution in [2.24, 2.45) is 5.41 Å². The predicted octanol–water partition coefficient (Wildman–Crippen LogP) is 3.36. The maximum Gasteiger partial charge on any atom is 0.324 e. The van der Waals surface area contributed by atoms with Crippen LogP contribution in [0.5, 0.6) is 0 Å². The summed E-state index contributed by atoms with van der Waals surface area (Å²) in [5, 5.41) is 0. The van der Waals surface area contributed by atoms with Crippen LogP contribution in [0.25, 0.3) is 0 Å². The molecule has 0 atom stereocenters. The van der Waals surface area contributed by atoms with Gasteiger partial charge in [0.1, 0.15) is 0 Å². The zero-order valence-electron chi connectivity index (χ0n) is 11.7. The minimum absolute atomic E-state index is 0.174. The Bertz CT molecular complexity index is 342. The summed E-state index contributed by atoms with van der Waals surface area (Å²) in [6, 6.07) is 0. The molecule has 0 fully saturated rings. The number of ether oxygens (including phenoxy) is 2. The molecule has 0 heterocycles. The van der Waals surface area contributed by atoms with Crippen LogP contribution in [0, 0.1) is 5.41 Å². The van der Waals surface area contributed by atoms with Crippen molar-refractivity contribution in [2.75, 3.05) is 13.2 Å². The summed E-state index contributed by atoms with van der Waals surface area (Å²) in [5.74, 6) is -1.15. The van der Waals surface area contributed by atoms with Crippen LogP contribution in [0.2, 0.25) is 0 Å². The van der Waals surface area contributed by atoms with Gasteiger partial charge in [-0.15, -0.1) is 6.58 Å². The second kappa shape index (κ2) is 8.91. The lowest BCUT2D eigenvalue weighted by molar-refractivity contribution is -0.171. The first-order valence-corrected chi connectivity index (χ1v) is 7.03. The lowest BCUT2D eigenvalue weighted by Gasteiger charge is -2.28. The minimum Gasteiger partial charge on any atom is -0.465 e. The van der Waals surface area contributed by atoms with Gasteiger partial charge in [-0.05, 0) is 31.7 Å². The van der Waals surface area contributed by atoms with E-state index in [2.05, 4.69) is 22.5 Å². The second-order valence-corrected chi connectivity index (χ2v) is 4.95. The Morgan fingerprint density at radius 3 is 2.00 bits per heavy atom. The first kappa shape index (κ1) is 17.9. The van der Waals surface area contributed by atoms with Crippen molar-refractivity contribution in [3.05, 3.63) is 23.2 Å². The van der Waals surface area contributed by atoms with Gasteiger partial charge in [-0.1, -0.05) is 28.1 Å². The molecule has 0 saturated carbocycles. The van der Waals surface area contributed by atoms with Gasteiger partial charge in [-0.3, -0.25) is 9.59 Å². The molecule has 0 aliphatic carbocycles. The highest BCUT2D eigenvalue weighted by atomic mass is 79.9. The van der Waals surface area contributed by atoms with E-state index < -0.39 is 17.4 Å². The van der Waals surface area contributed by atoms with Crippen molar-refractivity contribution in [3.8, 4) is 0 Å². The van der Waals surface area contributed by atoms with Crippen LogP contribution < -0.4 is 0 Å². The van der Waals surface area contributed by atoms with Crippen molar-refractivity contribution >= 4 is 27.9 Å². The Kier molecular flexibility index (Phi) is 8.39. The SMILES string of the molecule is C=CCC(C/C(Br)=C/C)(C(=O)OCC)C(=O)OCC. The van der Waals surface area contributed by atoms with Crippen molar-refractivity contribution in [1.82, 2.24) is 0 Å². The highest BCUT2D eigenvalue weighted by Crippen LogP contribution is 2.36. The average molecular weight is 333 g/mol. The number of hydrogen-bond acceptors (Lipinski definition) is 4. The summed E-state index contributed by atoms with van der Waals surface area (Å²) >= 11 is 3.33. The van der Waals surface area contributed by atoms with Crippen molar-refractivity contribution < 1.29 is 19.1 Å². The van der Waals surface area contributed by atoms with Gasteiger partial charge in [0.05, 0.1) is 13.2 Å². The molecule has 0 aromatic heterocycles. The molecule has 0 spiro atoms. The van der Waals surface area contributed by atoms with Gasteiger partial charge in [0.2, 0.25) is 0 Å². The lowest BCUT2D eigenvalue weighted by atomic mass is 9.80. The Hall–Kier alpha value is -1.10. The van der Waals surface area contributed by atoms with E-state index >= 15 is 0 Å². The average Bonchev–Trinajstić information content (AvgIpc) is 2.38. The highest BCUT2D eigenvalue weighted by Gasteiger charge is 2.48. The van der Waals surface area contributed by atoms with E-state index in [-0.39, 0.29) is 26.1 Å². The van der Waals surface area contributed by atoms with E-state index in [0.717, 1.165) is 4.48 Å². The van der Waals surface area contributed by atoms with E-state index in [1.54, 1.807) is 19.9 Å². The molecule has 4 nitrogen and oxygen atoms in total. The molecule has 0 bridgehead atoms. The molecule has 0 aliphatic rings. The quantitative estimate of drug-likeness (QED) is 0.388. The smallest absolute Gasteiger partial charge is 0.324 e. The Labute approximate surface area is 123 Å². The summed E-state index contributed by atoms with van der Waals surface area (Å²) in [4.78, 5) is 24.4. The maximum absolute atomic E-state index is 12.2. The first-order chi connectivity index (χ1) is 8.98. The monoisotopic (exact) mass is 332 g/mol. The largest absolute Gasteiger partial charge is 0.465 e. The van der Waals surface area contributed by atoms with Crippen LogP contribution in [0.4, 0.5) is 0 Å². The summed E-state index contributed by atoms with van der Waals surface area (Å²) in [6.45, 7) is 9.26. The Morgan fingerprint density at radius 2 is 1.68 bits per heavy atom. The predicted molar refractivity (Wildman–Crippen MR) is 77.8 cm³/mol. The third-order valence-corrected chi connectivity index (χ3v) is 3.35. The van der Waals surface area contributed by atoms with Crippen LogP contribution in [0.3, 0.4) is 0 Å². The first-order valence-electron chi connectivity index (χ1n) is 6.24. The van der Waals surface area contributed by atoms with E-state index in [0.29, 0.717) is 0 Å². The van der Waals surface area contributed by atoms with Crippen molar-refractivity contribution in [3.63, 3.8) is 0 Å². The van der Waals surface area contributed by atoms with Crippen LogP contribution in [0.1, 0.15) is 33.6 Å². The number of carbonyl (C=O) groups excluding carboxylic acids is 2. The maximum atomic E-state index is 12.2. The van der Waals surface area contributed by atoms with Crippen LogP contribution in [-0.2, 0) is 19.1 Å². The van der Waals surface area contributed by atoms with Gasteiger partial charge in [-0.25, -0.2) is 0 Å². The van der Waals surface area contributed by atoms with Crippen molar-refractivity contribution in [1.29, 1.82) is 0 Å². The van der Waals surface area contributed by atoms with Crippen LogP contribution in [-0.4, -0.2) is 25.2 Å². The van der Waals surface area contributed by atoms with Crippen LogP contribution in [0.15, 0.2) is 23.2 Å². The number of allylic oxidation sites excluding steroid dienone is 3. The molecule has 108 valence electrons. The number of hydrogen-bond donors (Lipinski definition) is 0. The Morgan fingerprint density at radius 1 is 1.21 bits per heavy atom. The Balaban J connectivity index is 5.50. The summed E-state index contributed by atoms with van der Waals surface area (Å²) in [5.41, 5.74) is -1.36. The highest BCUT2D eigenvalue weighted by molar-refractivity contribution is 9.11. The van der Waals surface area contributed by atoms with Gasteiger partial charge in [0, 0.05) is 6.42 Å². The van der Waals surface area contributed by atoms with Gasteiger partial charge in [0.25, 0.3) is 0 Å². The van der Waals surface area contributed by atoms with Crippen LogP contribution >= 0.6 is 15.9 Å². The molecule has 0 unspecified atom stereocenters. The minimum atomic E-state index is -1.36. The molecule has 0 aromatic carbocycles. The zero-order valence-corrected chi connectivity index (χ0v) is 13.3. The molecule has 19 heavy (non-hydrogen) atoms. The molecule has 0 aliphatic heterocycles. The molecule has 0 N–H and O–H groups in total. The standard InChI is InChI=1S/C14H21BrO4/c1-5-9-14(10-11(15)6-2,12(16)18-7-3)13(17)19-8-4/h5-6H,1,7-10H2,2-4H3/b11-6-. The molecule has 0 saturated heterocycles. The molecule has 0 radical (unpaired) electrons. The van der Waals surface area contributed by atoms with E-state index in [4.69, 9.17) is 9.47 Å². The summed E-state index contributed by atoms with van der Waals surface area (Å²) in [7, 11) is 0. The van der Waals surface area contributed by atoms with Gasteiger partial charge in [-0.2, -0.15) is 0 Å². The van der Waals surface area contributed by atoms with Gasteiger partial charge < -0.3 is 9.47 Å². The van der Waals surface area contributed by atoms with Gasteiger partial charge >= 0.3 is 11.9 Å². The van der Waals surface area contributed by atoms with Gasteiger partial charge in [0.15, 0.2) is 5.41 Å². The summed E-state index contributed by atoms with van der Waals surface area (Å²) in [6.07, 6.45) is 3.70. The fourth-order valence-corrected chi connectivity index (χ4v) is 2.12. The molecule has 0 amide bonds. The number of rotatable bonds is 8. The molecular formula is C14H21BrO4. The normalized spacial score (nSPS) is 11.9. The summed E-state index contributed by atoms with van der Waals surface area (Å²) < 4.78 is 10.8. The number of halogens is 1. The second-order valence-electron chi connectivity index (χ2n) is 3.93. The molecular weight excluding hydrogens is 312 g/mol. The van der Waals surface area contributed by atoms with E-state index in [9.17, 15) is 9.59 Å². The third kappa shape index (κ3) is 4.82. The molecule has 0 aromatic rings. The lowest BCUT2D eigenvalue weighted by Crippen LogP contribution is -2.42. The van der Waals surface area contributed by atoms with E-state index in [1.807, 2.05) is 6.92 Å². The number of carbonyl (C=O) groups is 2. The topological polar surface area (TPSA) is 52.6 Å². The van der Waals surface area contributed by atoms with Crippen molar-refractivity contribution in [2.45, 2.75) is 33.6 Å². The van der Waals surface area contributed by atoms with E-state index in [1.165, 1.54) is 6.08 Å². The third-order valence-electron chi connectivity index (χ3n) is 2.61. The fourth-order valence-electron chi connectivity index (χ4n) is 1.64. The number of esters is 2. The fraction of sp³-hybridized carbons (Fsp3) is 0.571. The molecule has 0 rings (SSSR count). The molecule has 5 heteroatoms. The zero-order chi connectivity index (χ0) is 14.9.